The molecule has 18 heavy (non-hydrogen) atoms. The molecule has 0 unspecified atom stereocenters. The van der Waals surface area contributed by atoms with E-state index in [1.54, 1.807) is 0 Å². The summed E-state index contributed by atoms with van der Waals surface area (Å²) in [6.07, 6.45) is 0. The summed E-state index contributed by atoms with van der Waals surface area (Å²) in [4.78, 5) is 31.9. The SMILES string of the molecule is O=C(O)CNCc1cc(C(=O)O)cc(C(=O)O)c1. The summed E-state index contributed by atoms with van der Waals surface area (Å²) >= 11 is 0. The maximum Gasteiger partial charge on any atom is 0.335 e. The molecule has 0 spiro atoms. The first-order chi connectivity index (χ1) is 8.40. The van der Waals surface area contributed by atoms with E-state index >= 15 is 0 Å². The van der Waals surface area contributed by atoms with Gasteiger partial charge in [-0.05, 0) is 23.8 Å². The molecule has 0 radical (unpaired) electrons. The maximum absolute atomic E-state index is 10.8. The van der Waals surface area contributed by atoms with Crippen LogP contribution in [0.1, 0.15) is 26.3 Å². The van der Waals surface area contributed by atoms with Gasteiger partial charge in [0.1, 0.15) is 0 Å². The third-order valence-corrected chi connectivity index (χ3v) is 2.09. The highest BCUT2D eigenvalue weighted by Crippen LogP contribution is 2.11. The van der Waals surface area contributed by atoms with Crippen LogP contribution in [0.4, 0.5) is 0 Å². The fourth-order valence-corrected chi connectivity index (χ4v) is 1.35. The molecular weight excluding hydrogens is 242 g/mol. The zero-order valence-corrected chi connectivity index (χ0v) is 9.21. The number of hydrogen-bond acceptors (Lipinski definition) is 4. The van der Waals surface area contributed by atoms with Gasteiger partial charge in [0.2, 0.25) is 0 Å². The monoisotopic (exact) mass is 253 g/mol. The Morgan fingerprint density at radius 2 is 1.44 bits per heavy atom. The van der Waals surface area contributed by atoms with E-state index in [1.807, 2.05) is 0 Å². The summed E-state index contributed by atoms with van der Waals surface area (Å²) in [7, 11) is 0. The summed E-state index contributed by atoms with van der Waals surface area (Å²) in [5.74, 6) is -3.53. The Morgan fingerprint density at radius 3 is 1.83 bits per heavy atom. The summed E-state index contributed by atoms with van der Waals surface area (Å²) < 4.78 is 0. The second kappa shape index (κ2) is 5.78. The smallest absolute Gasteiger partial charge is 0.335 e. The molecule has 4 N–H and O–H groups in total. The van der Waals surface area contributed by atoms with Gasteiger partial charge in [0.05, 0.1) is 17.7 Å². The molecule has 1 rings (SSSR count). The Kier molecular flexibility index (Phi) is 4.39. The zero-order chi connectivity index (χ0) is 13.7. The van der Waals surface area contributed by atoms with E-state index in [-0.39, 0.29) is 24.2 Å². The molecule has 0 bridgehead atoms. The lowest BCUT2D eigenvalue weighted by Crippen LogP contribution is -2.22. The van der Waals surface area contributed by atoms with Crippen molar-refractivity contribution < 1.29 is 29.7 Å². The fourth-order valence-electron chi connectivity index (χ4n) is 1.35. The van der Waals surface area contributed by atoms with Crippen molar-refractivity contribution >= 4 is 17.9 Å². The van der Waals surface area contributed by atoms with E-state index in [9.17, 15) is 14.4 Å². The van der Waals surface area contributed by atoms with Crippen LogP contribution in [-0.4, -0.2) is 39.8 Å². The minimum absolute atomic E-state index is 0.0771. The van der Waals surface area contributed by atoms with E-state index in [0.717, 1.165) is 6.07 Å². The number of benzene rings is 1. The molecule has 0 amide bonds. The van der Waals surface area contributed by atoms with Crippen LogP contribution < -0.4 is 5.32 Å². The lowest BCUT2D eigenvalue weighted by Gasteiger charge is -2.05. The topological polar surface area (TPSA) is 124 Å². The van der Waals surface area contributed by atoms with Crippen LogP contribution in [-0.2, 0) is 11.3 Å². The lowest BCUT2D eigenvalue weighted by atomic mass is 10.1. The van der Waals surface area contributed by atoms with Gasteiger partial charge in [0.15, 0.2) is 0 Å². The van der Waals surface area contributed by atoms with Crippen LogP contribution >= 0.6 is 0 Å². The number of nitrogens with one attached hydrogen (secondary N) is 1. The van der Waals surface area contributed by atoms with E-state index in [0.29, 0.717) is 5.56 Å². The van der Waals surface area contributed by atoms with E-state index in [2.05, 4.69) is 5.32 Å². The molecule has 0 atom stereocenters. The first kappa shape index (κ1) is 13.7. The van der Waals surface area contributed by atoms with Gasteiger partial charge in [-0.1, -0.05) is 0 Å². The highest BCUT2D eigenvalue weighted by molar-refractivity contribution is 5.94. The summed E-state index contributed by atoms with van der Waals surface area (Å²) in [6.45, 7) is -0.215. The predicted octanol–water partition coefficient (Wildman–Crippen LogP) is 0.257. The van der Waals surface area contributed by atoms with Crippen molar-refractivity contribution in [3.8, 4) is 0 Å². The molecule has 0 aliphatic heterocycles. The highest BCUT2D eigenvalue weighted by atomic mass is 16.4. The average molecular weight is 253 g/mol. The van der Waals surface area contributed by atoms with Crippen molar-refractivity contribution in [2.75, 3.05) is 6.54 Å². The predicted molar refractivity (Wildman–Crippen MR) is 59.7 cm³/mol. The molecule has 0 aliphatic rings. The molecule has 0 fully saturated rings. The number of carboxylic acid groups (broad SMARTS) is 3. The van der Waals surface area contributed by atoms with Crippen LogP contribution in [0.2, 0.25) is 0 Å². The van der Waals surface area contributed by atoms with Crippen LogP contribution in [0, 0.1) is 0 Å². The molecule has 0 aromatic heterocycles. The molecule has 0 heterocycles. The van der Waals surface area contributed by atoms with Crippen molar-refractivity contribution in [3.05, 3.63) is 34.9 Å². The Hall–Kier alpha value is -2.41. The third kappa shape index (κ3) is 3.87. The summed E-state index contributed by atoms with van der Waals surface area (Å²) in [5.41, 5.74) is 0.0950. The van der Waals surface area contributed by atoms with Crippen molar-refractivity contribution in [2.24, 2.45) is 0 Å². The molecule has 0 saturated carbocycles. The van der Waals surface area contributed by atoms with Crippen LogP contribution in [0.15, 0.2) is 18.2 Å². The minimum atomic E-state index is -1.24. The van der Waals surface area contributed by atoms with Gasteiger partial charge in [-0.15, -0.1) is 0 Å². The van der Waals surface area contributed by atoms with Gasteiger partial charge in [-0.2, -0.15) is 0 Å². The first-order valence-corrected chi connectivity index (χ1v) is 4.93. The number of aromatic carboxylic acids is 2. The quantitative estimate of drug-likeness (QED) is 0.573. The normalized spacial score (nSPS) is 10.0. The largest absolute Gasteiger partial charge is 0.480 e. The van der Waals surface area contributed by atoms with Gasteiger partial charge in [-0.3, -0.25) is 4.79 Å². The number of hydrogen-bond donors (Lipinski definition) is 4. The minimum Gasteiger partial charge on any atom is -0.480 e. The molecule has 0 aliphatic carbocycles. The summed E-state index contributed by atoms with van der Waals surface area (Å²) in [6, 6.07) is 3.64. The van der Waals surface area contributed by atoms with Gasteiger partial charge in [0, 0.05) is 6.54 Å². The van der Waals surface area contributed by atoms with E-state index in [1.165, 1.54) is 12.1 Å². The molecule has 1 aromatic carbocycles. The lowest BCUT2D eigenvalue weighted by molar-refractivity contribution is -0.136. The standard InChI is InChI=1S/C11H11NO6/c13-9(14)5-12-4-6-1-7(10(15)16)3-8(2-6)11(17)18/h1-3,12H,4-5H2,(H,13,14)(H,15,16)(H,17,18). The second-order valence-electron chi connectivity index (χ2n) is 3.53. The molecule has 7 nitrogen and oxygen atoms in total. The maximum atomic E-state index is 10.8. The van der Waals surface area contributed by atoms with Crippen molar-refractivity contribution in [3.63, 3.8) is 0 Å². The molecule has 7 heteroatoms. The number of rotatable bonds is 6. The van der Waals surface area contributed by atoms with Gasteiger partial charge < -0.3 is 20.6 Å². The Labute approximate surface area is 102 Å². The first-order valence-electron chi connectivity index (χ1n) is 4.93. The van der Waals surface area contributed by atoms with Gasteiger partial charge in [0.25, 0.3) is 0 Å². The van der Waals surface area contributed by atoms with E-state index < -0.39 is 17.9 Å². The van der Waals surface area contributed by atoms with Gasteiger partial charge >= 0.3 is 17.9 Å². The molecule has 96 valence electrons. The zero-order valence-electron chi connectivity index (χ0n) is 9.21. The van der Waals surface area contributed by atoms with Crippen LogP contribution in [0.3, 0.4) is 0 Å². The van der Waals surface area contributed by atoms with Crippen LogP contribution in [0.5, 0.6) is 0 Å². The van der Waals surface area contributed by atoms with Gasteiger partial charge in [-0.25, -0.2) is 9.59 Å². The number of carbonyl (C=O) groups is 3. The molecular formula is C11H11NO6. The number of aliphatic carboxylic acids is 1. The molecule has 0 saturated heterocycles. The van der Waals surface area contributed by atoms with E-state index in [4.69, 9.17) is 15.3 Å². The summed E-state index contributed by atoms with van der Waals surface area (Å²) in [5, 5.41) is 28.6. The highest BCUT2D eigenvalue weighted by Gasteiger charge is 2.11. The Bertz CT molecular complexity index is 464. The van der Waals surface area contributed by atoms with Crippen LogP contribution in [0.25, 0.3) is 0 Å². The van der Waals surface area contributed by atoms with Crippen molar-refractivity contribution in [1.82, 2.24) is 5.32 Å². The number of carboxylic acids is 3. The molecule has 1 aromatic rings. The average Bonchev–Trinajstić information content (AvgIpc) is 2.28. The third-order valence-electron chi connectivity index (χ3n) is 2.09. The second-order valence-corrected chi connectivity index (χ2v) is 3.53. The Balaban J connectivity index is 2.93. The fraction of sp³-hybridized carbons (Fsp3) is 0.182. The Morgan fingerprint density at radius 1 is 0.944 bits per heavy atom. The van der Waals surface area contributed by atoms with Crippen molar-refractivity contribution in [1.29, 1.82) is 0 Å². The van der Waals surface area contributed by atoms with Crippen molar-refractivity contribution in [2.45, 2.75) is 6.54 Å².